The van der Waals surface area contributed by atoms with Crippen molar-refractivity contribution in [1.82, 2.24) is 24.6 Å². The summed E-state index contributed by atoms with van der Waals surface area (Å²) < 4.78 is 7.07. The molecule has 0 amide bonds. The molecule has 8 nitrogen and oxygen atoms in total. The Morgan fingerprint density at radius 1 is 1.05 bits per heavy atom. The lowest BCUT2D eigenvalue weighted by atomic mass is 10.2. The van der Waals surface area contributed by atoms with E-state index in [0.717, 1.165) is 37.7 Å². The van der Waals surface area contributed by atoms with Gasteiger partial charge in [-0.25, -0.2) is 14.4 Å². The minimum absolute atomic E-state index is 0.356. The first-order valence-corrected chi connectivity index (χ1v) is 7.08. The van der Waals surface area contributed by atoms with Gasteiger partial charge in [-0.1, -0.05) is 0 Å². The van der Waals surface area contributed by atoms with Crippen LogP contribution in [0.2, 0.25) is 0 Å². The number of nitrogens with two attached hydrogens (primary N) is 1. The number of hydrogen-bond acceptors (Lipinski definition) is 7. The van der Waals surface area contributed by atoms with Gasteiger partial charge in [-0.05, 0) is 12.1 Å². The van der Waals surface area contributed by atoms with Crippen molar-refractivity contribution in [2.75, 3.05) is 36.9 Å². The van der Waals surface area contributed by atoms with Crippen LogP contribution < -0.4 is 10.6 Å². The molecule has 1 saturated heterocycles. The summed E-state index contributed by atoms with van der Waals surface area (Å²) in [6, 6.07) is 5.72. The highest BCUT2D eigenvalue weighted by molar-refractivity contribution is 5.62. The zero-order chi connectivity index (χ0) is 14.9. The summed E-state index contributed by atoms with van der Waals surface area (Å²) in [5.74, 6) is 1.93. The number of morpholine rings is 1. The first-order valence-electron chi connectivity index (χ1n) is 7.08. The molecule has 8 heteroatoms. The lowest BCUT2D eigenvalue weighted by Crippen LogP contribution is -2.36. The van der Waals surface area contributed by atoms with Crippen LogP contribution in [0.5, 0.6) is 0 Å². The summed E-state index contributed by atoms with van der Waals surface area (Å²) in [5, 5.41) is 8.29. The molecule has 3 aromatic rings. The van der Waals surface area contributed by atoms with Crippen LogP contribution in [0.25, 0.3) is 17.0 Å². The Hall–Kier alpha value is -2.74. The van der Waals surface area contributed by atoms with E-state index in [9.17, 15) is 0 Å². The van der Waals surface area contributed by atoms with Crippen molar-refractivity contribution in [1.29, 1.82) is 0 Å². The topological polar surface area (TPSA) is 94.5 Å². The molecular weight excluding hydrogens is 282 g/mol. The molecule has 0 saturated carbocycles. The van der Waals surface area contributed by atoms with Crippen LogP contribution in [0.4, 0.5) is 11.8 Å². The molecule has 0 aromatic carbocycles. The second-order valence-electron chi connectivity index (χ2n) is 5.02. The maximum absolute atomic E-state index is 5.91. The number of aromatic nitrogens is 5. The fourth-order valence-corrected chi connectivity index (χ4v) is 2.55. The maximum Gasteiger partial charge on any atom is 0.207 e. The van der Waals surface area contributed by atoms with Gasteiger partial charge in [0, 0.05) is 37.1 Å². The zero-order valence-corrected chi connectivity index (χ0v) is 11.9. The zero-order valence-electron chi connectivity index (χ0n) is 11.9. The Kier molecular flexibility index (Phi) is 3.08. The van der Waals surface area contributed by atoms with Crippen molar-refractivity contribution in [2.45, 2.75) is 0 Å². The van der Waals surface area contributed by atoms with Crippen molar-refractivity contribution in [3.63, 3.8) is 0 Å². The summed E-state index contributed by atoms with van der Waals surface area (Å²) in [7, 11) is 0. The van der Waals surface area contributed by atoms with Gasteiger partial charge >= 0.3 is 0 Å². The van der Waals surface area contributed by atoms with E-state index in [-0.39, 0.29) is 0 Å². The third kappa shape index (κ3) is 2.13. The van der Waals surface area contributed by atoms with E-state index in [0.29, 0.717) is 17.4 Å². The number of rotatable bonds is 2. The Morgan fingerprint density at radius 2 is 1.91 bits per heavy atom. The fraction of sp³-hybridized carbons (Fsp3) is 0.286. The predicted octanol–water partition coefficient (Wildman–Crippen LogP) is 0.605. The largest absolute Gasteiger partial charge is 0.378 e. The highest BCUT2D eigenvalue weighted by Gasteiger charge is 2.14. The summed E-state index contributed by atoms with van der Waals surface area (Å²) in [6.45, 7) is 3.19. The molecule has 0 spiro atoms. The van der Waals surface area contributed by atoms with Crippen LogP contribution in [-0.2, 0) is 4.74 Å². The number of fused-ring (bicyclic) bond motifs is 1. The molecule has 1 fully saturated rings. The molecule has 1 aliphatic heterocycles. The van der Waals surface area contributed by atoms with Crippen LogP contribution in [0, 0.1) is 0 Å². The van der Waals surface area contributed by atoms with E-state index in [4.69, 9.17) is 10.5 Å². The second-order valence-corrected chi connectivity index (χ2v) is 5.02. The molecule has 0 atom stereocenters. The highest BCUT2D eigenvalue weighted by atomic mass is 16.5. The normalized spacial score (nSPS) is 15.4. The summed E-state index contributed by atoms with van der Waals surface area (Å²) in [6.07, 6.45) is 3.40. The van der Waals surface area contributed by atoms with E-state index in [1.54, 1.807) is 22.9 Å². The van der Waals surface area contributed by atoms with Crippen LogP contribution in [-0.4, -0.2) is 50.9 Å². The van der Waals surface area contributed by atoms with Gasteiger partial charge in [0.05, 0.1) is 13.2 Å². The van der Waals surface area contributed by atoms with Gasteiger partial charge in [0.15, 0.2) is 11.5 Å². The average Bonchev–Trinajstić information content (AvgIpc) is 3.01. The standard InChI is InChI=1S/C14H15N7O/c15-14-16-4-3-12-18-19-13(21(12)14)10-1-2-11(17-9-10)20-5-7-22-8-6-20/h1-4,9H,5-8H2,(H2,15,16). The second kappa shape index (κ2) is 5.23. The first kappa shape index (κ1) is 13.0. The average molecular weight is 297 g/mol. The van der Waals surface area contributed by atoms with E-state index in [2.05, 4.69) is 25.1 Å². The highest BCUT2D eigenvalue weighted by Crippen LogP contribution is 2.21. The van der Waals surface area contributed by atoms with Crippen molar-refractivity contribution < 1.29 is 4.74 Å². The van der Waals surface area contributed by atoms with Crippen LogP contribution >= 0.6 is 0 Å². The summed E-state index contributed by atoms with van der Waals surface area (Å²) >= 11 is 0. The minimum Gasteiger partial charge on any atom is -0.378 e. The molecule has 0 unspecified atom stereocenters. The Labute approximate surface area is 126 Å². The van der Waals surface area contributed by atoms with E-state index < -0.39 is 0 Å². The molecular formula is C14H15N7O. The SMILES string of the molecule is Nc1nccc2nnc(-c3ccc(N4CCOCC4)nc3)n12. The molecule has 0 radical (unpaired) electrons. The summed E-state index contributed by atoms with van der Waals surface area (Å²) in [5.41, 5.74) is 7.43. The lowest BCUT2D eigenvalue weighted by molar-refractivity contribution is 0.122. The first-order chi connectivity index (χ1) is 10.8. The van der Waals surface area contributed by atoms with Gasteiger partial charge in [0.25, 0.3) is 0 Å². The van der Waals surface area contributed by atoms with Gasteiger partial charge in [-0.3, -0.25) is 0 Å². The van der Waals surface area contributed by atoms with Crippen molar-refractivity contribution >= 4 is 17.4 Å². The minimum atomic E-state index is 0.356. The molecule has 2 N–H and O–H groups in total. The van der Waals surface area contributed by atoms with Crippen LogP contribution in [0.1, 0.15) is 0 Å². The quantitative estimate of drug-likeness (QED) is 0.740. The van der Waals surface area contributed by atoms with E-state index in [1.807, 2.05) is 12.1 Å². The number of hydrogen-bond donors (Lipinski definition) is 1. The predicted molar refractivity (Wildman–Crippen MR) is 81.5 cm³/mol. The molecule has 4 heterocycles. The lowest BCUT2D eigenvalue weighted by Gasteiger charge is -2.27. The third-order valence-corrected chi connectivity index (χ3v) is 3.69. The molecule has 0 aliphatic carbocycles. The Morgan fingerprint density at radius 3 is 2.68 bits per heavy atom. The Balaban J connectivity index is 1.70. The molecule has 4 rings (SSSR count). The van der Waals surface area contributed by atoms with Crippen LogP contribution in [0.15, 0.2) is 30.6 Å². The molecule has 0 bridgehead atoms. The molecule has 112 valence electrons. The smallest absolute Gasteiger partial charge is 0.207 e. The van der Waals surface area contributed by atoms with E-state index >= 15 is 0 Å². The Bertz CT molecular complexity index is 793. The van der Waals surface area contributed by atoms with Crippen molar-refractivity contribution in [3.05, 3.63) is 30.6 Å². The van der Waals surface area contributed by atoms with Gasteiger partial charge < -0.3 is 15.4 Å². The fourth-order valence-electron chi connectivity index (χ4n) is 2.55. The number of ether oxygens (including phenoxy) is 1. The van der Waals surface area contributed by atoms with Gasteiger partial charge in [-0.2, -0.15) is 0 Å². The van der Waals surface area contributed by atoms with Crippen molar-refractivity contribution in [2.24, 2.45) is 0 Å². The van der Waals surface area contributed by atoms with Gasteiger partial charge in [0.2, 0.25) is 5.95 Å². The third-order valence-electron chi connectivity index (χ3n) is 3.69. The molecule has 22 heavy (non-hydrogen) atoms. The molecule has 3 aromatic heterocycles. The van der Waals surface area contributed by atoms with E-state index in [1.165, 1.54) is 0 Å². The van der Waals surface area contributed by atoms with Crippen LogP contribution in [0.3, 0.4) is 0 Å². The number of anilines is 2. The molecule has 1 aliphatic rings. The maximum atomic E-state index is 5.91. The van der Waals surface area contributed by atoms with Crippen molar-refractivity contribution in [3.8, 4) is 11.4 Å². The number of pyridine rings is 1. The number of nitrogens with zero attached hydrogens (tertiary/aromatic N) is 6. The van der Waals surface area contributed by atoms with Gasteiger partial charge in [0.1, 0.15) is 5.82 Å². The van der Waals surface area contributed by atoms with Gasteiger partial charge in [-0.15, -0.1) is 10.2 Å². The monoisotopic (exact) mass is 297 g/mol. The number of nitrogen functional groups attached to an aromatic ring is 1. The summed E-state index contributed by atoms with van der Waals surface area (Å²) in [4.78, 5) is 10.8.